The topological polar surface area (TPSA) is 86.8 Å². The van der Waals surface area contributed by atoms with Crippen molar-refractivity contribution in [3.63, 3.8) is 0 Å². The summed E-state index contributed by atoms with van der Waals surface area (Å²) in [5.74, 6) is -1.48. The van der Waals surface area contributed by atoms with E-state index in [2.05, 4.69) is 10.2 Å². The number of nitrogens with one attached hydrogen (secondary N) is 1. The number of amides is 2. The minimum absolute atomic E-state index is 0.0644. The van der Waals surface area contributed by atoms with Gasteiger partial charge < -0.3 is 15.1 Å². The maximum Gasteiger partial charge on any atom is 0.313 e. The molecule has 1 aromatic rings. The summed E-state index contributed by atoms with van der Waals surface area (Å²) in [7, 11) is -1.63. The molecule has 2 aliphatic heterocycles. The largest absolute Gasteiger partial charge is 0.372 e. The zero-order valence-corrected chi connectivity index (χ0v) is 15.1. The summed E-state index contributed by atoms with van der Waals surface area (Å²) < 4.78 is 23.1. The molecular weight excluding hydrogens is 342 g/mol. The Labute approximate surface area is 147 Å². The number of sulfone groups is 1. The van der Waals surface area contributed by atoms with E-state index < -0.39 is 27.7 Å². The van der Waals surface area contributed by atoms with Gasteiger partial charge in [0.1, 0.15) is 0 Å². The van der Waals surface area contributed by atoms with Crippen LogP contribution in [-0.4, -0.2) is 62.8 Å². The average Bonchev–Trinajstić information content (AvgIpc) is 3.23. The van der Waals surface area contributed by atoms with Crippen LogP contribution in [-0.2, 0) is 19.4 Å². The fourth-order valence-corrected chi connectivity index (χ4v) is 5.10. The number of benzene rings is 1. The Hall–Kier alpha value is -2.09. The normalized spacial score (nSPS) is 22.0. The van der Waals surface area contributed by atoms with Gasteiger partial charge in [0, 0.05) is 37.6 Å². The highest BCUT2D eigenvalue weighted by atomic mass is 32.2. The van der Waals surface area contributed by atoms with Crippen LogP contribution in [0.5, 0.6) is 0 Å². The van der Waals surface area contributed by atoms with Gasteiger partial charge in [-0.2, -0.15) is 0 Å². The number of carbonyl (C=O) groups excluding carboxylic acids is 2. The average molecular weight is 365 g/mol. The third-order valence-electron chi connectivity index (χ3n) is 4.87. The Morgan fingerprint density at radius 3 is 2.36 bits per heavy atom. The molecule has 8 heteroatoms. The van der Waals surface area contributed by atoms with Gasteiger partial charge in [0.05, 0.1) is 11.5 Å². The van der Waals surface area contributed by atoms with Gasteiger partial charge in [-0.3, -0.25) is 9.59 Å². The Morgan fingerprint density at radius 2 is 1.80 bits per heavy atom. The third kappa shape index (κ3) is 4.12. The van der Waals surface area contributed by atoms with Crippen molar-refractivity contribution in [3.05, 3.63) is 24.3 Å². The predicted molar refractivity (Wildman–Crippen MR) is 96.3 cm³/mol. The lowest BCUT2D eigenvalue weighted by Crippen LogP contribution is -2.43. The molecule has 2 heterocycles. The molecule has 136 valence electrons. The standard InChI is InChI=1S/C17H23N3O4S/c1-19(15-8-11-25(23,24)12-15)17(22)16(21)18-13-4-6-14(7-5-13)20-9-2-3-10-20/h4-7,15H,2-3,8-12H2,1H3,(H,18,21). The zero-order chi connectivity index (χ0) is 18.0. The van der Waals surface area contributed by atoms with E-state index >= 15 is 0 Å². The minimum Gasteiger partial charge on any atom is -0.372 e. The van der Waals surface area contributed by atoms with Crippen LogP contribution in [0.4, 0.5) is 11.4 Å². The molecule has 0 saturated carbocycles. The number of nitrogens with zero attached hydrogens (tertiary/aromatic N) is 2. The highest BCUT2D eigenvalue weighted by Gasteiger charge is 2.34. The van der Waals surface area contributed by atoms with Gasteiger partial charge in [-0.1, -0.05) is 0 Å². The SMILES string of the molecule is CN(C(=O)C(=O)Nc1ccc(N2CCCC2)cc1)C1CCS(=O)(=O)C1. The van der Waals surface area contributed by atoms with Crippen LogP contribution >= 0.6 is 0 Å². The van der Waals surface area contributed by atoms with Crippen molar-refractivity contribution in [1.82, 2.24) is 4.90 Å². The molecule has 2 fully saturated rings. The molecule has 25 heavy (non-hydrogen) atoms. The molecule has 0 aromatic heterocycles. The molecule has 3 rings (SSSR count). The van der Waals surface area contributed by atoms with E-state index in [0.717, 1.165) is 18.8 Å². The fraction of sp³-hybridized carbons (Fsp3) is 0.529. The predicted octanol–water partition coefficient (Wildman–Crippen LogP) is 0.871. The number of likely N-dealkylation sites (N-methyl/N-ethyl adjacent to an activating group) is 1. The number of anilines is 2. The van der Waals surface area contributed by atoms with E-state index in [-0.39, 0.29) is 11.5 Å². The Bertz CT molecular complexity index is 755. The first kappa shape index (κ1) is 17.7. The van der Waals surface area contributed by atoms with Crippen LogP contribution < -0.4 is 10.2 Å². The second kappa shape index (κ2) is 7.03. The summed E-state index contributed by atoms with van der Waals surface area (Å²) in [5, 5.41) is 2.59. The van der Waals surface area contributed by atoms with E-state index in [1.807, 2.05) is 12.1 Å². The molecule has 1 aromatic carbocycles. The molecule has 0 aliphatic carbocycles. The van der Waals surface area contributed by atoms with Crippen molar-refractivity contribution in [2.24, 2.45) is 0 Å². The van der Waals surface area contributed by atoms with Crippen LogP contribution in [0.25, 0.3) is 0 Å². The maximum absolute atomic E-state index is 12.2. The fourth-order valence-electron chi connectivity index (χ4n) is 3.32. The Morgan fingerprint density at radius 1 is 1.16 bits per heavy atom. The number of rotatable bonds is 3. The van der Waals surface area contributed by atoms with Crippen molar-refractivity contribution in [3.8, 4) is 0 Å². The summed E-state index contributed by atoms with van der Waals surface area (Å²) in [5.41, 5.74) is 1.66. The monoisotopic (exact) mass is 365 g/mol. The van der Waals surface area contributed by atoms with E-state index in [4.69, 9.17) is 0 Å². The Kier molecular flexibility index (Phi) is 4.99. The van der Waals surface area contributed by atoms with E-state index in [0.29, 0.717) is 12.1 Å². The van der Waals surface area contributed by atoms with E-state index in [9.17, 15) is 18.0 Å². The molecule has 7 nitrogen and oxygen atoms in total. The van der Waals surface area contributed by atoms with Crippen LogP contribution in [0, 0.1) is 0 Å². The highest BCUT2D eigenvalue weighted by Crippen LogP contribution is 2.22. The zero-order valence-electron chi connectivity index (χ0n) is 14.3. The molecule has 1 atom stereocenters. The van der Waals surface area contributed by atoms with Gasteiger partial charge in [-0.05, 0) is 43.5 Å². The smallest absolute Gasteiger partial charge is 0.313 e. The molecule has 1 unspecified atom stereocenters. The lowest BCUT2D eigenvalue weighted by Gasteiger charge is -2.22. The first-order chi connectivity index (χ1) is 11.9. The van der Waals surface area contributed by atoms with Crippen LogP contribution in [0.1, 0.15) is 19.3 Å². The molecule has 0 spiro atoms. The summed E-state index contributed by atoms with van der Waals surface area (Å²) in [6, 6.07) is 6.98. The first-order valence-electron chi connectivity index (χ1n) is 8.49. The summed E-state index contributed by atoms with van der Waals surface area (Å²) in [4.78, 5) is 27.9. The maximum atomic E-state index is 12.2. The second-order valence-electron chi connectivity index (χ2n) is 6.67. The quantitative estimate of drug-likeness (QED) is 0.803. The lowest BCUT2D eigenvalue weighted by molar-refractivity contribution is -0.143. The molecule has 2 aliphatic rings. The van der Waals surface area contributed by atoms with E-state index in [1.165, 1.54) is 24.8 Å². The third-order valence-corrected chi connectivity index (χ3v) is 6.62. The van der Waals surface area contributed by atoms with Crippen molar-refractivity contribution < 1.29 is 18.0 Å². The number of hydrogen-bond acceptors (Lipinski definition) is 5. The van der Waals surface area contributed by atoms with Gasteiger partial charge in [0.2, 0.25) is 0 Å². The molecule has 2 amide bonds. The summed E-state index contributed by atoms with van der Waals surface area (Å²) >= 11 is 0. The van der Waals surface area contributed by atoms with Crippen molar-refractivity contribution in [2.45, 2.75) is 25.3 Å². The molecule has 0 bridgehead atoms. The lowest BCUT2D eigenvalue weighted by atomic mass is 10.2. The van der Waals surface area contributed by atoms with Crippen LogP contribution in [0.3, 0.4) is 0 Å². The second-order valence-corrected chi connectivity index (χ2v) is 8.90. The van der Waals surface area contributed by atoms with E-state index in [1.54, 1.807) is 12.1 Å². The van der Waals surface area contributed by atoms with Crippen molar-refractivity contribution in [1.29, 1.82) is 0 Å². The van der Waals surface area contributed by atoms with Crippen LogP contribution in [0.15, 0.2) is 24.3 Å². The van der Waals surface area contributed by atoms with Gasteiger partial charge in [-0.15, -0.1) is 0 Å². The highest BCUT2D eigenvalue weighted by molar-refractivity contribution is 7.91. The van der Waals surface area contributed by atoms with Gasteiger partial charge >= 0.3 is 11.8 Å². The number of carbonyl (C=O) groups is 2. The minimum atomic E-state index is -3.10. The van der Waals surface area contributed by atoms with Crippen LogP contribution in [0.2, 0.25) is 0 Å². The van der Waals surface area contributed by atoms with Gasteiger partial charge in [-0.25, -0.2) is 8.42 Å². The number of hydrogen-bond donors (Lipinski definition) is 1. The van der Waals surface area contributed by atoms with Gasteiger partial charge in [0.25, 0.3) is 0 Å². The summed E-state index contributed by atoms with van der Waals surface area (Å²) in [6.45, 7) is 2.08. The summed E-state index contributed by atoms with van der Waals surface area (Å²) in [6.07, 6.45) is 2.76. The molecule has 2 saturated heterocycles. The van der Waals surface area contributed by atoms with Gasteiger partial charge in [0.15, 0.2) is 9.84 Å². The first-order valence-corrected chi connectivity index (χ1v) is 10.3. The molecular formula is C17H23N3O4S. The molecule has 0 radical (unpaired) electrons. The Balaban J connectivity index is 1.58. The molecule has 1 N–H and O–H groups in total. The van der Waals surface area contributed by atoms with Crippen molar-refractivity contribution >= 4 is 33.0 Å². The van der Waals surface area contributed by atoms with Crippen molar-refractivity contribution in [2.75, 3.05) is 41.9 Å².